The minimum absolute atomic E-state index is 0.00196. The van der Waals surface area contributed by atoms with E-state index in [0.717, 1.165) is 5.56 Å². The molecule has 0 spiro atoms. The highest BCUT2D eigenvalue weighted by molar-refractivity contribution is 7.58. The summed E-state index contributed by atoms with van der Waals surface area (Å²) >= 11 is 0. The molecule has 1 rings (SSSR count). The van der Waals surface area contributed by atoms with Crippen LogP contribution in [0.4, 0.5) is 9.59 Å². The monoisotopic (exact) mass is 443 g/mol. The Morgan fingerprint density at radius 1 is 0.967 bits per heavy atom. The van der Waals surface area contributed by atoms with Crippen molar-refractivity contribution >= 4 is 25.5 Å². The van der Waals surface area contributed by atoms with Crippen molar-refractivity contribution in [1.29, 1.82) is 0 Å². The van der Waals surface area contributed by atoms with Gasteiger partial charge >= 0.3 is 19.8 Å². The van der Waals surface area contributed by atoms with Crippen molar-refractivity contribution in [3.8, 4) is 0 Å². The number of ether oxygens (including phenoxy) is 2. The molecule has 1 aromatic rings. The zero-order valence-electron chi connectivity index (χ0n) is 18.0. The molecule has 10 nitrogen and oxygen atoms in total. The summed E-state index contributed by atoms with van der Waals surface area (Å²) < 4.78 is 34.3. The van der Waals surface area contributed by atoms with E-state index in [0.29, 0.717) is 10.6 Å². The van der Waals surface area contributed by atoms with Crippen LogP contribution in [0.1, 0.15) is 38.8 Å². The topological polar surface area (TPSA) is 129 Å². The van der Waals surface area contributed by atoms with Gasteiger partial charge in [0.25, 0.3) is 0 Å². The van der Waals surface area contributed by atoms with Crippen LogP contribution in [-0.4, -0.2) is 43.6 Å². The molecule has 0 saturated carbocycles. The predicted octanol–water partition coefficient (Wildman–Crippen LogP) is 3.97. The Kier molecular flexibility index (Phi) is 10.4. The molecule has 0 fully saturated rings. The van der Waals surface area contributed by atoms with Crippen molar-refractivity contribution in [3.05, 3.63) is 40.8 Å². The average molecular weight is 443 g/mol. The second-order valence-electron chi connectivity index (χ2n) is 5.80. The Balaban J connectivity index is 3.73. The van der Waals surface area contributed by atoms with E-state index in [1.807, 2.05) is 6.92 Å². The van der Waals surface area contributed by atoms with E-state index in [9.17, 15) is 14.2 Å². The lowest BCUT2D eigenvalue weighted by Gasteiger charge is -2.30. The van der Waals surface area contributed by atoms with E-state index in [1.54, 1.807) is 52.0 Å². The van der Waals surface area contributed by atoms with E-state index in [1.165, 1.54) is 0 Å². The van der Waals surface area contributed by atoms with Gasteiger partial charge in [-0.2, -0.15) is 5.01 Å². The Labute approximate surface area is 176 Å². The van der Waals surface area contributed by atoms with Crippen LogP contribution in [-0.2, 0) is 23.1 Å². The molecule has 0 aliphatic carbocycles. The summed E-state index contributed by atoms with van der Waals surface area (Å²) in [6.45, 7) is 8.32. The first kappa shape index (κ1) is 25.5. The lowest BCUT2D eigenvalue weighted by atomic mass is 10.1. The predicted molar refractivity (Wildman–Crippen MR) is 112 cm³/mol. The van der Waals surface area contributed by atoms with Crippen LogP contribution in [0.2, 0.25) is 0 Å². The van der Waals surface area contributed by atoms with Crippen LogP contribution in [0, 0.1) is 6.92 Å². The van der Waals surface area contributed by atoms with Gasteiger partial charge in [0.15, 0.2) is 5.44 Å². The van der Waals surface area contributed by atoms with Crippen molar-refractivity contribution in [2.24, 2.45) is 5.73 Å². The first-order valence-corrected chi connectivity index (χ1v) is 11.1. The normalized spacial score (nSPS) is 12.0. The highest BCUT2D eigenvalue weighted by Crippen LogP contribution is 2.58. The lowest BCUT2D eigenvalue weighted by molar-refractivity contribution is 0.0877. The summed E-state index contributed by atoms with van der Waals surface area (Å²) in [4.78, 5) is 24.8. The standard InChI is InChI=1S/C19H30N3O7P/c1-6-26-18(23)21-22(19(24)27-7-2)17(30(25,28-8-3)29-9-4)16(20)15-12-10-14(5)11-13-15/h10-13H,6-9,20H2,1-5H3,(H,21,23)/b17-16+. The average Bonchev–Trinajstić information content (AvgIpc) is 2.68. The SMILES string of the molecule is CCOC(=O)NN(C(=O)OCC)/C(=C(\N)c1ccc(C)cc1)P(=O)(OCC)OCC. The Bertz CT molecular complexity index is 786. The quantitative estimate of drug-likeness (QED) is 0.433. The maximum absolute atomic E-state index is 13.7. The minimum atomic E-state index is -4.16. The fraction of sp³-hybridized carbons (Fsp3) is 0.474. The van der Waals surface area contributed by atoms with Gasteiger partial charge in [-0.15, -0.1) is 0 Å². The number of nitrogens with two attached hydrogens (primary N) is 1. The van der Waals surface area contributed by atoms with Gasteiger partial charge in [-0.3, -0.25) is 4.57 Å². The van der Waals surface area contributed by atoms with Crippen LogP contribution in [0.15, 0.2) is 29.7 Å². The summed E-state index contributed by atoms with van der Waals surface area (Å²) in [7, 11) is -4.16. The van der Waals surface area contributed by atoms with Crippen LogP contribution in [0.3, 0.4) is 0 Å². The van der Waals surface area contributed by atoms with Gasteiger partial charge in [-0.05, 0) is 40.2 Å². The van der Waals surface area contributed by atoms with Gasteiger partial charge in [-0.25, -0.2) is 15.0 Å². The van der Waals surface area contributed by atoms with Crippen LogP contribution in [0.5, 0.6) is 0 Å². The number of hydrogen-bond acceptors (Lipinski definition) is 8. The summed E-state index contributed by atoms with van der Waals surface area (Å²) in [6, 6.07) is 6.94. The maximum atomic E-state index is 13.7. The van der Waals surface area contributed by atoms with Gasteiger partial charge in [0.05, 0.1) is 32.1 Å². The summed E-state index contributed by atoms with van der Waals surface area (Å²) in [5.74, 6) is 0. The summed E-state index contributed by atoms with van der Waals surface area (Å²) in [5, 5.41) is 0.614. The molecule has 3 N–H and O–H groups in total. The molecular formula is C19H30N3O7P. The van der Waals surface area contributed by atoms with Crippen LogP contribution < -0.4 is 11.2 Å². The molecule has 0 aromatic heterocycles. The second kappa shape index (κ2) is 12.2. The largest absolute Gasteiger partial charge is 0.449 e. The zero-order valence-corrected chi connectivity index (χ0v) is 18.9. The lowest BCUT2D eigenvalue weighted by Crippen LogP contribution is -2.47. The molecule has 0 saturated heterocycles. The van der Waals surface area contributed by atoms with Gasteiger partial charge in [0.1, 0.15) is 0 Å². The Hall–Kier alpha value is -2.55. The maximum Gasteiger partial charge on any atom is 0.433 e. The van der Waals surface area contributed by atoms with Crippen molar-refractivity contribution in [3.63, 3.8) is 0 Å². The number of nitrogens with zero attached hydrogens (tertiary/aromatic N) is 1. The third-order valence-electron chi connectivity index (χ3n) is 3.60. The molecule has 0 aliphatic rings. The third-order valence-corrected chi connectivity index (χ3v) is 5.76. The van der Waals surface area contributed by atoms with Crippen molar-refractivity contribution in [2.75, 3.05) is 26.4 Å². The zero-order chi connectivity index (χ0) is 22.7. The van der Waals surface area contributed by atoms with E-state index in [2.05, 4.69) is 5.43 Å². The van der Waals surface area contributed by atoms with Crippen molar-refractivity contribution in [2.45, 2.75) is 34.6 Å². The Morgan fingerprint density at radius 2 is 1.50 bits per heavy atom. The molecule has 0 bridgehead atoms. The second-order valence-corrected chi connectivity index (χ2v) is 7.74. The van der Waals surface area contributed by atoms with Gasteiger partial charge in [-0.1, -0.05) is 29.8 Å². The molecule has 168 valence electrons. The molecule has 0 radical (unpaired) electrons. The molecule has 2 amide bonds. The van der Waals surface area contributed by atoms with E-state index >= 15 is 0 Å². The molecule has 0 aliphatic heterocycles. The van der Waals surface area contributed by atoms with Crippen LogP contribution >= 0.6 is 7.60 Å². The van der Waals surface area contributed by atoms with E-state index in [-0.39, 0.29) is 37.6 Å². The highest BCUT2D eigenvalue weighted by atomic mass is 31.2. The summed E-state index contributed by atoms with van der Waals surface area (Å²) in [5.41, 5.74) is 9.49. The fourth-order valence-corrected chi connectivity index (χ4v) is 4.18. The molecule has 1 aromatic carbocycles. The van der Waals surface area contributed by atoms with Crippen molar-refractivity contribution < 1.29 is 32.7 Å². The molecule has 0 atom stereocenters. The number of carbonyl (C=O) groups excluding carboxylic acids is 2. The van der Waals surface area contributed by atoms with E-state index < -0.39 is 19.8 Å². The third kappa shape index (κ3) is 6.76. The number of carbonyl (C=O) groups is 2. The molecule has 0 unspecified atom stereocenters. The number of rotatable bonds is 9. The number of benzene rings is 1. The highest BCUT2D eigenvalue weighted by Gasteiger charge is 2.41. The first-order chi connectivity index (χ1) is 14.2. The molecule has 30 heavy (non-hydrogen) atoms. The van der Waals surface area contributed by atoms with Gasteiger partial charge < -0.3 is 24.3 Å². The molecule has 0 heterocycles. The first-order valence-electron chi connectivity index (χ1n) is 9.60. The fourth-order valence-electron chi connectivity index (χ4n) is 2.38. The number of hydrazine groups is 1. The van der Waals surface area contributed by atoms with Crippen LogP contribution in [0.25, 0.3) is 5.70 Å². The Morgan fingerprint density at radius 3 is 1.97 bits per heavy atom. The van der Waals surface area contributed by atoms with E-state index in [4.69, 9.17) is 24.3 Å². The van der Waals surface area contributed by atoms with Gasteiger partial charge in [0, 0.05) is 0 Å². The number of hydrogen-bond donors (Lipinski definition) is 2. The molecule has 11 heteroatoms. The number of aryl methyl sites for hydroxylation is 1. The van der Waals surface area contributed by atoms with Gasteiger partial charge in [0.2, 0.25) is 0 Å². The number of nitrogens with one attached hydrogen (secondary N) is 1. The van der Waals surface area contributed by atoms with Crippen molar-refractivity contribution in [1.82, 2.24) is 10.4 Å². The molecular weight excluding hydrogens is 413 g/mol. The number of amides is 2. The minimum Gasteiger partial charge on any atom is -0.449 e. The smallest absolute Gasteiger partial charge is 0.433 e. The summed E-state index contributed by atoms with van der Waals surface area (Å²) in [6.07, 6.45) is -2.01.